The second-order valence-electron chi connectivity index (χ2n) is 8.56. The van der Waals surface area contributed by atoms with E-state index in [4.69, 9.17) is 4.42 Å². The van der Waals surface area contributed by atoms with Crippen LogP contribution in [0, 0.1) is 5.92 Å². The summed E-state index contributed by atoms with van der Waals surface area (Å²) in [6.45, 7) is 5.64. The summed E-state index contributed by atoms with van der Waals surface area (Å²) in [5.74, 6) is 0.535. The van der Waals surface area contributed by atoms with Crippen molar-refractivity contribution < 1.29 is 9.21 Å². The highest BCUT2D eigenvalue weighted by molar-refractivity contribution is 5.79. The number of carbonyl (C=O) groups excluding carboxylic acids is 1. The summed E-state index contributed by atoms with van der Waals surface area (Å²) in [6.07, 6.45) is 9.68. The molecule has 0 N–H and O–H groups in total. The lowest BCUT2D eigenvalue weighted by atomic mass is 9.92. The topological polar surface area (TPSA) is 52.8 Å². The molecule has 3 aliphatic rings. The number of rotatable bonds is 3. The predicted octanol–water partition coefficient (Wildman–Crippen LogP) is 3.30. The molecule has 154 valence electrons. The van der Waals surface area contributed by atoms with Crippen molar-refractivity contribution in [3.63, 3.8) is 0 Å². The molecular formula is C23H30N4O2. The Labute approximate surface area is 172 Å². The van der Waals surface area contributed by atoms with Crippen molar-refractivity contribution >= 4 is 23.0 Å². The van der Waals surface area contributed by atoms with Crippen molar-refractivity contribution in [3.05, 3.63) is 36.4 Å². The molecule has 1 aromatic carbocycles. The number of carbonyl (C=O) groups is 1. The van der Waals surface area contributed by atoms with Gasteiger partial charge in [-0.05, 0) is 50.8 Å². The largest absolute Gasteiger partial charge is 0.423 e. The van der Waals surface area contributed by atoms with Crippen LogP contribution in [-0.4, -0.2) is 66.0 Å². The Balaban J connectivity index is 1.18. The van der Waals surface area contributed by atoms with E-state index in [-0.39, 0.29) is 5.92 Å². The number of para-hydroxylation sites is 2. The normalized spacial score (nSPS) is 24.3. The van der Waals surface area contributed by atoms with Gasteiger partial charge in [0.25, 0.3) is 6.01 Å². The minimum atomic E-state index is 0.172. The lowest BCUT2D eigenvalue weighted by molar-refractivity contribution is -0.137. The highest BCUT2D eigenvalue weighted by Crippen LogP contribution is 2.28. The number of oxazole rings is 1. The first kappa shape index (κ1) is 18.7. The maximum absolute atomic E-state index is 12.9. The number of hydrogen-bond acceptors (Lipinski definition) is 5. The summed E-state index contributed by atoms with van der Waals surface area (Å²) < 4.78 is 5.95. The van der Waals surface area contributed by atoms with Gasteiger partial charge >= 0.3 is 0 Å². The number of likely N-dealkylation sites (tertiary alicyclic amines) is 1. The summed E-state index contributed by atoms with van der Waals surface area (Å²) in [5, 5.41) is 0. The number of aromatic nitrogens is 1. The van der Waals surface area contributed by atoms with Crippen LogP contribution >= 0.6 is 0 Å². The first-order chi connectivity index (χ1) is 14.3. The van der Waals surface area contributed by atoms with Crippen LogP contribution < -0.4 is 4.90 Å². The highest BCUT2D eigenvalue weighted by atomic mass is 16.4. The van der Waals surface area contributed by atoms with Crippen molar-refractivity contribution in [1.82, 2.24) is 14.8 Å². The van der Waals surface area contributed by atoms with Crippen LogP contribution in [0.5, 0.6) is 0 Å². The molecule has 2 fully saturated rings. The summed E-state index contributed by atoms with van der Waals surface area (Å²) >= 11 is 0. The quantitative estimate of drug-likeness (QED) is 0.748. The van der Waals surface area contributed by atoms with Crippen molar-refractivity contribution in [2.24, 2.45) is 5.92 Å². The van der Waals surface area contributed by atoms with Crippen molar-refractivity contribution in [1.29, 1.82) is 0 Å². The number of nitrogens with zero attached hydrogens (tertiary/aromatic N) is 4. The zero-order valence-electron chi connectivity index (χ0n) is 17.0. The Morgan fingerprint density at radius 2 is 1.90 bits per heavy atom. The van der Waals surface area contributed by atoms with Gasteiger partial charge in [0.2, 0.25) is 5.91 Å². The second-order valence-corrected chi connectivity index (χ2v) is 8.56. The average molecular weight is 395 g/mol. The van der Waals surface area contributed by atoms with E-state index in [0.717, 1.165) is 88.5 Å². The van der Waals surface area contributed by atoms with Gasteiger partial charge in [0, 0.05) is 38.8 Å². The van der Waals surface area contributed by atoms with Gasteiger partial charge in [-0.15, -0.1) is 0 Å². The highest BCUT2D eigenvalue weighted by Gasteiger charge is 2.34. The molecule has 0 saturated carbocycles. The number of benzene rings is 1. The molecule has 6 nitrogen and oxygen atoms in total. The van der Waals surface area contributed by atoms with Gasteiger partial charge in [0.05, 0.1) is 5.92 Å². The van der Waals surface area contributed by atoms with E-state index in [1.54, 1.807) is 0 Å². The third-order valence-corrected chi connectivity index (χ3v) is 6.71. The summed E-state index contributed by atoms with van der Waals surface area (Å²) in [5.41, 5.74) is 1.78. The van der Waals surface area contributed by atoms with Crippen LogP contribution in [0.15, 0.2) is 40.8 Å². The maximum atomic E-state index is 12.9. The van der Waals surface area contributed by atoms with Crippen molar-refractivity contribution in [3.8, 4) is 0 Å². The molecule has 4 heterocycles. The Bertz CT molecular complexity index is 851. The van der Waals surface area contributed by atoms with E-state index in [0.29, 0.717) is 11.9 Å². The summed E-state index contributed by atoms with van der Waals surface area (Å²) in [4.78, 5) is 24.5. The van der Waals surface area contributed by atoms with E-state index in [2.05, 4.69) is 26.9 Å². The van der Waals surface area contributed by atoms with Crippen LogP contribution in [0.3, 0.4) is 0 Å². The fourth-order valence-corrected chi connectivity index (χ4v) is 5.06. The molecule has 3 aliphatic heterocycles. The molecule has 1 aromatic heterocycles. The first-order valence-electron chi connectivity index (χ1n) is 11.1. The maximum Gasteiger partial charge on any atom is 0.298 e. The molecule has 0 aliphatic carbocycles. The van der Waals surface area contributed by atoms with Gasteiger partial charge in [0.1, 0.15) is 5.52 Å². The van der Waals surface area contributed by atoms with Gasteiger partial charge in [-0.2, -0.15) is 4.98 Å². The molecule has 2 saturated heterocycles. The van der Waals surface area contributed by atoms with Gasteiger partial charge in [-0.1, -0.05) is 24.3 Å². The molecule has 0 radical (unpaired) electrons. The van der Waals surface area contributed by atoms with Gasteiger partial charge in [-0.3, -0.25) is 9.69 Å². The fraction of sp³-hybridized carbons (Fsp3) is 0.565. The van der Waals surface area contributed by atoms with E-state index in [9.17, 15) is 4.79 Å². The molecule has 0 unspecified atom stereocenters. The first-order valence-corrected chi connectivity index (χ1v) is 11.1. The molecule has 6 heteroatoms. The third kappa shape index (κ3) is 3.90. The SMILES string of the molecule is O=C([C@@H]1CCCN(C2CCN(c3nc4ccccc4o3)CC2)C1)N1CC=CCC1. The van der Waals surface area contributed by atoms with Gasteiger partial charge in [-0.25, -0.2) is 0 Å². The molecule has 29 heavy (non-hydrogen) atoms. The van der Waals surface area contributed by atoms with Crippen molar-refractivity contribution in [2.75, 3.05) is 44.2 Å². The monoisotopic (exact) mass is 394 g/mol. The van der Waals surface area contributed by atoms with E-state index >= 15 is 0 Å². The number of hydrogen-bond donors (Lipinski definition) is 0. The average Bonchev–Trinajstić information content (AvgIpc) is 3.24. The minimum Gasteiger partial charge on any atom is -0.423 e. The molecule has 5 rings (SSSR count). The van der Waals surface area contributed by atoms with Gasteiger partial charge in [0.15, 0.2) is 5.58 Å². The van der Waals surface area contributed by atoms with Crippen LogP contribution in [0.25, 0.3) is 11.1 Å². The van der Waals surface area contributed by atoms with Crippen LogP contribution in [0.1, 0.15) is 32.1 Å². The van der Waals surface area contributed by atoms with E-state index < -0.39 is 0 Å². The predicted molar refractivity (Wildman–Crippen MR) is 114 cm³/mol. The molecule has 1 atom stereocenters. The standard InChI is InChI=1S/C23H30N4O2/c28-22(25-12-4-1-5-13-25)18-7-6-14-27(17-18)19-10-15-26(16-11-19)23-24-20-8-2-3-9-21(20)29-23/h1-4,8-9,18-19H,5-7,10-17H2/t18-/m1/s1. The number of anilines is 1. The lowest BCUT2D eigenvalue weighted by Gasteiger charge is -2.42. The number of amides is 1. The van der Waals surface area contributed by atoms with Gasteiger partial charge < -0.3 is 14.2 Å². The smallest absolute Gasteiger partial charge is 0.298 e. The third-order valence-electron chi connectivity index (χ3n) is 6.71. The molecular weight excluding hydrogens is 364 g/mol. The fourth-order valence-electron chi connectivity index (χ4n) is 5.06. The minimum absolute atomic E-state index is 0.172. The Morgan fingerprint density at radius 1 is 1.03 bits per heavy atom. The summed E-state index contributed by atoms with van der Waals surface area (Å²) in [6, 6.07) is 9.26. The zero-order chi connectivity index (χ0) is 19.6. The number of fused-ring (bicyclic) bond motifs is 1. The van der Waals surface area contributed by atoms with E-state index in [1.165, 1.54) is 0 Å². The van der Waals surface area contributed by atoms with Crippen LogP contribution in [0.2, 0.25) is 0 Å². The molecule has 2 aromatic rings. The van der Waals surface area contributed by atoms with Crippen LogP contribution in [0.4, 0.5) is 6.01 Å². The van der Waals surface area contributed by atoms with Crippen molar-refractivity contribution in [2.45, 2.75) is 38.1 Å². The summed E-state index contributed by atoms with van der Waals surface area (Å²) in [7, 11) is 0. The van der Waals surface area contributed by atoms with Crippen LogP contribution in [-0.2, 0) is 4.79 Å². The molecule has 0 spiro atoms. The van der Waals surface area contributed by atoms with E-state index in [1.807, 2.05) is 29.2 Å². The lowest BCUT2D eigenvalue weighted by Crippen LogP contribution is -2.51. The Morgan fingerprint density at radius 3 is 2.69 bits per heavy atom. The molecule has 1 amide bonds. The Kier molecular flexibility index (Phi) is 5.27. The molecule has 0 bridgehead atoms. The second kappa shape index (κ2) is 8.19. The zero-order valence-corrected chi connectivity index (χ0v) is 17.0. The number of piperidine rings is 2. The Hall–Kier alpha value is -2.34.